The number of imidazole rings is 1. The molecule has 2 N–H and O–H groups in total. The Kier molecular flexibility index (Phi) is 5.63. The molecule has 0 saturated heterocycles. The van der Waals surface area contributed by atoms with E-state index < -0.39 is 5.97 Å². The number of carbonyl (C=O) groups is 2. The Balaban J connectivity index is 1.42. The molecule has 0 aliphatic heterocycles. The zero-order chi connectivity index (χ0) is 21.1. The minimum absolute atomic E-state index is 0.0976. The Morgan fingerprint density at radius 3 is 2.43 bits per heavy atom. The highest BCUT2D eigenvalue weighted by Gasteiger charge is 2.13. The van der Waals surface area contributed by atoms with Crippen molar-refractivity contribution in [1.82, 2.24) is 14.7 Å². The lowest BCUT2D eigenvalue weighted by molar-refractivity contribution is -0.120. The number of aryl methyl sites for hydroxylation is 1. The van der Waals surface area contributed by atoms with E-state index in [0.717, 1.165) is 33.9 Å². The number of carboxylic acids is 1. The van der Waals surface area contributed by atoms with Gasteiger partial charge in [0.1, 0.15) is 0 Å². The quantitative estimate of drug-likeness (QED) is 0.471. The molecule has 0 aliphatic carbocycles. The standard InChI is InChI=1S/C23H21N3O3S/c1-2-15-3-7-17(8-4-15)20-13-26-19(14-30-23(26)25-20)11-21(27)24-12-16-5-9-18(10-6-16)22(28)29/h3-10,13-14H,2,11-12H2,1H3,(H,24,27)(H,28,29). The summed E-state index contributed by atoms with van der Waals surface area (Å²) in [6, 6.07) is 14.9. The van der Waals surface area contributed by atoms with Crippen LogP contribution in [0.5, 0.6) is 0 Å². The number of fused-ring (bicyclic) bond motifs is 1. The molecule has 0 fully saturated rings. The predicted octanol–water partition coefficient (Wildman–Crippen LogP) is 4.18. The number of carboxylic acid groups (broad SMARTS) is 1. The van der Waals surface area contributed by atoms with Gasteiger partial charge in [0.05, 0.1) is 17.7 Å². The zero-order valence-electron chi connectivity index (χ0n) is 16.5. The third-order valence-corrected chi connectivity index (χ3v) is 5.86. The van der Waals surface area contributed by atoms with Gasteiger partial charge in [-0.3, -0.25) is 9.20 Å². The number of aromatic carboxylic acids is 1. The molecule has 0 spiro atoms. The maximum Gasteiger partial charge on any atom is 0.335 e. The molecule has 0 aliphatic rings. The van der Waals surface area contributed by atoms with Gasteiger partial charge in [-0.25, -0.2) is 9.78 Å². The van der Waals surface area contributed by atoms with Gasteiger partial charge >= 0.3 is 5.97 Å². The summed E-state index contributed by atoms with van der Waals surface area (Å²) < 4.78 is 1.97. The van der Waals surface area contributed by atoms with E-state index in [4.69, 9.17) is 5.11 Å². The van der Waals surface area contributed by atoms with Crippen LogP contribution in [0, 0.1) is 0 Å². The zero-order valence-corrected chi connectivity index (χ0v) is 17.3. The van der Waals surface area contributed by atoms with Gasteiger partial charge < -0.3 is 10.4 Å². The van der Waals surface area contributed by atoms with Crippen LogP contribution >= 0.6 is 11.3 Å². The first-order valence-corrected chi connectivity index (χ1v) is 10.5. The first kappa shape index (κ1) is 19.8. The molecular weight excluding hydrogens is 398 g/mol. The fourth-order valence-electron chi connectivity index (χ4n) is 3.20. The second-order valence-electron chi connectivity index (χ2n) is 7.01. The second-order valence-corrected chi connectivity index (χ2v) is 7.85. The van der Waals surface area contributed by atoms with Gasteiger partial charge in [0, 0.05) is 29.4 Å². The molecule has 0 unspecified atom stereocenters. The molecule has 0 atom stereocenters. The maximum absolute atomic E-state index is 12.4. The number of hydrogen-bond acceptors (Lipinski definition) is 4. The highest BCUT2D eigenvalue weighted by atomic mass is 32.1. The maximum atomic E-state index is 12.4. The van der Waals surface area contributed by atoms with Gasteiger partial charge in [-0.2, -0.15) is 0 Å². The van der Waals surface area contributed by atoms with Crippen LogP contribution in [0.1, 0.15) is 34.1 Å². The second kappa shape index (κ2) is 8.51. The monoisotopic (exact) mass is 419 g/mol. The fourth-order valence-corrected chi connectivity index (χ4v) is 4.07. The van der Waals surface area contributed by atoms with Crippen molar-refractivity contribution in [3.05, 3.63) is 82.5 Å². The number of nitrogens with zero attached hydrogens (tertiary/aromatic N) is 2. The number of nitrogens with one attached hydrogen (secondary N) is 1. The molecular formula is C23H21N3O3S. The Bertz CT molecular complexity index is 1190. The average molecular weight is 420 g/mol. The smallest absolute Gasteiger partial charge is 0.335 e. The summed E-state index contributed by atoms with van der Waals surface area (Å²) in [7, 11) is 0. The van der Waals surface area contributed by atoms with Gasteiger partial charge in [0.2, 0.25) is 5.91 Å². The highest BCUT2D eigenvalue weighted by Crippen LogP contribution is 2.24. The lowest BCUT2D eigenvalue weighted by Gasteiger charge is -2.05. The molecule has 7 heteroatoms. The summed E-state index contributed by atoms with van der Waals surface area (Å²) in [6.07, 6.45) is 3.22. The van der Waals surface area contributed by atoms with Crippen molar-refractivity contribution < 1.29 is 14.7 Å². The molecule has 152 valence electrons. The third-order valence-electron chi connectivity index (χ3n) is 4.97. The van der Waals surface area contributed by atoms with Crippen LogP contribution in [-0.4, -0.2) is 26.4 Å². The summed E-state index contributed by atoms with van der Waals surface area (Å²) >= 11 is 1.51. The third kappa shape index (κ3) is 4.26. The minimum Gasteiger partial charge on any atom is -0.478 e. The van der Waals surface area contributed by atoms with E-state index in [0.29, 0.717) is 6.54 Å². The van der Waals surface area contributed by atoms with E-state index in [9.17, 15) is 9.59 Å². The summed E-state index contributed by atoms with van der Waals surface area (Å²) in [4.78, 5) is 28.9. The van der Waals surface area contributed by atoms with Crippen LogP contribution in [0.25, 0.3) is 16.2 Å². The molecule has 30 heavy (non-hydrogen) atoms. The lowest BCUT2D eigenvalue weighted by Crippen LogP contribution is -2.25. The van der Waals surface area contributed by atoms with Crippen molar-refractivity contribution in [2.45, 2.75) is 26.3 Å². The van der Waals surface area contributed by atoms with Crippen molar-refractivity contribution in [2.24, 2.45) is 0 Å². The van der Waals surface area contributed by atoms with E-state index in [1.165, 1.54) is 29.0 Å². The largest absolute Gasteiger partial charge is 0.478 e. The summed E-state index contributed by atoms with van der Waals surface area (Å²) in [5, 5.41) is 13.8. The molecule has 6 nitrogen and oxygen atoms in total. The van der Waals surface area contributed by atoms with Crippen molar-refractivity contribution in [1.29, 1.82) is 0 Å². The van der Waals surface area contributed by atoms with E-state index in [1.54, 1.807) is 12.1 Å². The topological polar surface area (TPSA) is 83.7 Å². The summed E-state index contributed by atoms with van der Waals surface area (Å²) in [5.74, 6) is -1.06. The number of benzene rings is 2. The van der Waals surface area contributed by atoms with E-state index in [1.807, 2.05) is 16.0 Å². The Morgan fingerprint density at radius 2 is 1.77 bits per heavy atom. The van der Waals surface area contributed by atoms with Crippen molar-refractivity contribution >= 4 is 28.2 Å². The molecule has 2 heterocycles. The first-order valence-electron chi connectivity index (χ1n) is 9.67. The van der Waals surface area contributed by atoms with Crippen LogP contribution in [0.3, 0.4) is 0 Å². The lowest BCUT2D eigenvalue weighted by atomic mass is 10.1. The molecule has 4 aromatic rings. The number of amides is 1. The van der Waals surface area contributed by atoms with Crippen molar-refractivity contribution in [3.8, 4) is 11.3 Å². The van der Waals surface area contributed by atoms with E-state index in [2.05, 4.69) is 41.5 Å². The van der Waals surface area contributed by atoms with Gasteiger partial charge in [-0.1, -0.05) is 43.3 Å². The SMILES string of the molecule is CCc1ccc(-c2cn3c(CC(=O)NCc4ccc(C(=O)O)cc4)csc3n2)cc1. The Labute approximate surface area is 177 Å². The summed E-state index contributed by atoms with van der Waals surface area (Å²) in [6.45, 7) is 2.48. The molecule has 0 radical (unpaired) electrons. The van der Waals surface area contributed by atoms with Gasteiger partial charge in [-0.05, 0) is 29.7 Å². The number of aromatic nitrogens is 2. The first-order chi connectivity index (χ1) is 14.5. The van der Waals surface area contributed by atoms with Gasteiger partial charge in [0.25, 0.3) is 0 Å². The van der Waals surface area contributed by atoms with E-state index >= 15 is 0 Å². The van der Waals surface area contributed by atoms with Crippen LogP contribution < -0.4 is 5.32 Å². The molecule has 2 aromatic carbocycles. The Hall–Kier alpha value is -3.45. The number of carbonyl (C=O) groups excluding carboxylic acids is 1. The van der Waals surface area contributed by atoms with Crippen molar-refractivity contribution in [2.75, 3.05) is 0 Å². The minimum atomic E-state index is -0.965. The van der Waals surface area contributed by atoms with Crippen molar-refractivity contribution in [3.63, 3.8) is 0 Å². The molecule has 0 saturated carbocycles. The van der Waals surface area contributed by atoms with Crippen LogP contribution in [-0.2, 0) is 24.2 Å². The average Bonchev–Trinajstić information content (AvgIpc) is 3.34. The molecule has 0 bridgehead atoms. The van der Waals surface area contributed by atoms with Crippen LogP contribution in [0.2, 0.25) is 0 Å². The molecule has 4 rings (SSSR count). The summed E-state index contributed by atoms with van der Waals surface area (Å²) in [5.41, 5.74) is 5.20. The predicted molar refractivity (Wildman–Crippen MR) is 117 cm³/mol. The molecule has 1 amide bonds. The van der Waals surface area contributed by atoms with Gasteiger partial charge in [0.15, 0.2) is 4.96 Å². The number of thiazole rings is 1. The van der Waals surface area contributed by atoms with Crippen LogP contribution in [0.15, 0.2) is 60.1 Å². The number of rotatable bonds is 7. The van der Waals surface area contributed by atoms with Gasteiger partial charge in [-0.15, -0.1) is 11.3 Å². The van der Waals surface area contributed by atoms with E-state index in [-0.39, 0.29) is 17.9 Å². The molecule has 2 aromatic heterocycles. The Morgan fingerprint density at radius 1 is 1.07 bits per heavy atom. The van der Waals surface area contributed by atoms with Crippen LogP contribution in [0.4, 0.5) is 0 Å². The fraction of sp³-hybridized carbons (Fsp3) is 0.174. The number of hydrogen-bond donors (Lipinski definition) is 2. The normalized spacial score (nSPS) is 11.0. The highest BCUT2D eigenvalue weighted by molar-refractivity contribution is 7.15.